The van der Waals surface area contributed by atoms with Gasteiger partial charge in [-0.2, -0.15) is 5.10 Å². The predicted octanol–water partition coefficient (Wildman–Crippen LogP) is 8.49. The topological polar surface area (TPSA) is 195 Å². The van der Waals surface area contributed by atoms with Gasteiger partial charge in [-0.15, -0.1) is 0 Å². The van der Waals surface area contributed by atoms with Crippen molar-refractivity contribution in [2.24, 2.45) is 13.0 Å². The molecule has 1 unspecified atom stereocenters. The van der Waals surface area contributed by atoms with Gasteiger partial charge in [0.2, 0.25) is 11.8 Å². The largest absolute Gasteiger partial charge is 0.490 e. The van der Waals surface area contributed by atoms with Crippen molar-refractivity contribution in [1.82, 2.24) is 30.0 Å². The first-order valence-electron chi connectivity index (χ1n) is 25.8. The Hall–Kier alpha value is -7.21. The van der Waals surface area contributed by atoms with Crippen LogP contribution in [0.25, 0.3) is 32.2 Å². The van der Waals surface area contributed by atoms with Crippen LogP contribution >= 0.6 is 11.3 Å². The van der Waals surface area contributed by atoms with Crippen molar-refractivity contribution in [2.75, 3.05) is 54.4 Å². The second kappa shape index (κ2) is 20.2. The number of hydrogen-bond acceptors (Lipinski definition) is 13. The highest BCUT2D eigenvalue weighted by molar-refractivity contribution is 7.22. The van der Waals surface area contributed by atoms with E-state index in [1.54, 1.807) is 0 Å². The normalized spacial score (nSPS) is 20.3. The fourth-order valence-corrected chi connectivity index (χ4v) is 12.5. The lowest BCUT2D eigenvalue weighted by molar-refractivity contribution is -0.134. The minimum absolute atomic E-state index is 0.0340. The molecule has 11 rings (SSSR count). The zero-order valence-corrected chi connectivity index (χ0v) is 42.8. The van der Waals surface area contributed by atoms with E-state index < -0.39 is 17.5 Å². The molecule has 4 aromatic carbocycles. The fraction of sp³-hybridized carbons (Fsp3) is 0.386. The van der Waals surface area contributed by atoms with Gasteiger partial charge in [0, 0.05) is 81.5 Å². The van der Waals surface area contributed by atoms with Crippen LogP contribution in [0.3, 0.4) is 0 Å². The summed E-state index contributed by atoms with van der Waals surface area (Å²) >= 11 is 1.43. The molecule has 16 nitrogen and oxygen atoms in total. The summed E-state index contributed by atoms with van der Waals surface area (Å²) in [4.78, 5) is 67.2. The Morgan fingerprint density at radius 3 is 2.45 bits per heavy atom. The van der Waals surface area contributed by atoms with Crippen LogP contribution in [0.5, 0.6) is 5.75 Å². The number of anilines is 3. The number of benzene rings is 4. The van der Waals surface area contributed by atoms with E-state index in [2.05, 4.69) is 43.6 Å². The number of aromatic carboxylic acids is 1. The summed E-state index contributed by atoms with van der Waals surface area (Å²) in [6.45, 7) is 9.27. The monoisotopic (exact) mass is 1020 g/mol. The van der Waals surface area contributed by atoms with E-state index >= 15 is 0 Å². The molecule has 4 N–H and O–H groups in total. The molecular weight excluding hydrogens is 955 g/mol. The maximum atomic E-state index is 13.7. The maximum absolute atomic E-state index is 13.7. The Balaban J connectivity index is 0.683. The summed E-state index contributed by atoms with van der Waals surface area (Å²) in [5, 5.41) is 34.1. The van der Waals surface area contributed by atoms with Crippen LogP contribution < -0.4 is 25.2 Å². The molecule has 0 radical (unpaired) electrons. The minimum atomic E-state index is -1.13. The number of nitrogens with one attached hydrogen (secondary N) is 2. The van der Waals surface area contributed by atoms with Crippen LogP contribution in [0, 0.1) is 12.8 Å². The number of ether oxygens (including phenoxy) is 1. The summed E-state index contributed by atoms with van der Waals surface area (Å²) in [6, 6.07) is 29.3. The number of nitrogens with zero attached hydrogens (tertiary/aromatic N) is 7. The third kappa shape index (κ3) is 9.83. The molecule has 1 saturated carbocycles. The quantitative estimate of drug-likeness (QED) is 0.0804. The van der Waals surface area contributed by atoms with Crippen LogP contribution in [0.15, 0.2) is 91.0 Å². The highest BCUT2D eigenvalue weighted by atomic mass is 32.1. The molecule has 6 heterocycles. The number of pyridine rings is 1. The van der Waals surface area contributed by atoms with E-state index in [1.165, 1.54) is 11.3 Å². The molecular formula is C57H61N9O7S. The van der Waals surface area contributed by atoms with Gasteiger partial charge in [0.15, 0.2) is 10.8 Å². The van der Waals surface area contributed by atoms with Gasteiger partial charge in [0.25, 0.3) is 5.91 Å². The van der Waals surface area contributed by atoms with Crippen LogP contribution in [0.2, 0.25) is 0 Å². The SMILES string of the molecule is Cc1c(OC2CCC([C@@](C)(O)CCN3CCN(c4ccc5c(C6CCC(=O)NC6=O)nn(C)c5c4)CC3)CC2)cccc1-c1ccc(N2CCc3cccc(C(=O)Nc4nc5ccccc5s4)c3C2)nc1C(=O)O. The van der Waals surface area contributed by atoms with Crippen molar-refractivity contribution < 1.29 is 34.1 Å². The number of fused-ring (bicyclic) bond motifs is 3. The van der Waals surface area contributed by atoms with E-state index in [9.17, 15) is 29.4 Å². The van der Waals surface area contributed by atoms with E-state index in [1.807, 2.05) is 103 Å². The van der Waals surface area contributed by atoms with Crippen molar-refractivity contribution in [3.8, 4) is 16.9 Å². The number of para-hydroxylation sites is 1. The van der Waals surface area contributed by atoms with Gasteiger partial charge in [-0.25, -0.2) is 14.8 Å². The zero-order chi connectivity index (χ0) is 51.3. The Labute approximate surface area is 433 Å². The van der Waals surface area contributed by atoms with E-state index in [4.69, 9.17) is 14.8 Å². The van der Waals surface area contributed by atoms with Gasteiger partial charge in [-0.1, -0.05) is 47.7 Å². The maximum Gasteiger partial charge on any atom is 0.355 e. The van der Waals surface area contributed by atoms with Gasteiger partial charge in [0.05, 0.1) is 39.1 Å². The lowest BCUT2D eigenvalue weighted by Crippen LogP contribution is -2.48. The van der Waals surface area contributed by atoms with Crippen LogP contribution in [0.4, 0.5) is 16.6 Å². The summed E-state index contributed by atoms with van der Waals surface area (Å²) in [7, 11) is 1.90. The molecule has 4 aliphatic rings. The van der Waals surface area contributed by atoms with Gasteiger partial charge in [-0.3, -0.25) is 34.6 Å². The molecule has 0 bridgehead atoms. The van der Waals surface area contributed by atoms with E-state index in [0.717, 1.165) is 113 Å². The summed E-state index contributed by atoms with van der Waals surface area (Å²) in [6.07, 6.45) is 5.40. The summed E-state index contributed by atoms with van der Waals surface area (Å²) < 4.78 is 9.50. The molecule has 382 valence electrons. The van der Waals surface area contributed by atoms with Gasteiger partial charge in [-0.05, 0) is 142 Å². The number of imide groups is 1. The lowest BCUT2D eigenvalue weighted by Gasteiger charge is -2.41. The first kappa shape index (κ1) is 49.0. The van der Waals surface area contributed by atoms with Crippen molar-refractivity contribution in [1.29, 1.82) is 0 Å². The number of amides is 3. The molecule has 3 fully saturated rings. The van der Waals surface area contributed by atoms with Crippen molar-refractivity contribution >= 4 is 72.8 Å². The molecule has 2 atom stereocenters. The Bertz CT molecular complexity index is 3280. The molecule has 17 heteroatoms. The number of aliphatic hydroxyl groups is 1. The van der Waals surface area contributed by atoms with Crippen molar-refractivity contribution in [3.63, 3.8) is 0 Å². The third-order valence-electron chi connectivity index (χ3n) is 16.0. The van der Waals surface area contributed by atoms with Gasteiger partial charge < -0.3 is 24.7 Å². The van der Waals surface area contributed by atoms with E-state index in [0.29, 0.717) is 66.6 Å². The summed E-state index contributed by atoms with van der Waals surface area (Å²) in [5.41, 5.74) is 7.35. The zero-order valence-electron chi connectivity index (χ0n) is 42.0. The van der Waals surface area contributed by atoms with Gasteiger partial charge in [0.1, 0.15) is 11.6 Å². The number of hydrogen-bond donors (Lipinski definition) is 4. The Morgan fingerprint density at radius 2 is 1.66 bits per heavy atom. The van der Waals surface area contributed by atoms with Crippen molar-refractivity contribution in [3.05, 3.63) is 125 Å². The Kier molecular flexibility index (Phi) is 13.4. The number of aromatic nitrogens is 4. The highest BCUT2D eigenvalue weighted by Crippen LogP contribution is 2.40. The molecule has 7 aromatic rings. The second-order valence-corrected chi connectivity index (χ2v) is 21.6. The molecule has 3 aromatic heterocycles. The molecule has 3 amide bonds. The smallest absolute Gasteiger partial charge is 0.355 e. The van der Waals surface area contributed by atoms with Crippen molar-refractivity contribution in [2.45, 2.75) is 89.4 Å². The molecule has 2 saturated heterocycles. The van der Waals surface area contributed by atoms with Crippen LogP contribution in [0.1, 0.15) is 101 Å². The minimum Gasteiger partial charge on any atom is -0.490 e. The number of piperazine rings is 1. The van der Waals surface area contributed by atoms with Crippen LogP contribution in [-0.4, -0.2) is 110 Å². The highest BCUT2D eigenvalue weighted by Gasteiger charge is 2.37. The molecule has 74 heavy (non-hydrogen) atoms. The molecule has 0 spiro atoms. The average Bonchev–Trinajstić information content (AvgIpc) is 3.97. The lowest BCUT2D eigenvalue weighted by atomic mass is 9.75. The second-order valence-electron chi connectivity index (χ2n) is 20.6. The molecule has 3 aliphatic heterocycles. The average molecular weight is 1020 g/mol. The number of rotatable bonds is 13. The third-order valence-corrected chi connectivity index (χ3v) is 16.9. The number of thiazole rings is 1. The predicted molar refractivity (Wildman–Crippen MR) is 286 cm³/mol. The van der Waals surface area contributed by atoms with E-state index in [-0.39, 0.29) is 35.4 Å². The molecule has 1 aliphatic carbocycles. The number of carbonyl (C=O) groups is 4. The number of piperidine rings is 1. The number of carboxylic acid groups (broad SMARTS) is 1. The fourth-order valence-electron chi connectivity index (χ4n) is 11.6. The first-order chi connectivity index (χ1) is 35.8. The van der Waals surface area contributed by atoms with Gasteiger partial charge >= 0.3 is 5.97 Å². The number of carboxylic acids is 1. The first-order valence-corrected chi connectivity index (χ1v) is 26.6. The Morgan fingerprint density at radius 1 is 0.865 bits per heavy atom. The van der Waals surface area contributed by atoms with Crippen LogP contribution in [-0.2, 0) is 29.6 Å². The standard InChI is InChI=1S/C57H61N9O7S/c1-34-39(40-20-22-49(59-52(40)55(70)71)66-26-24-35-8-6-10-41(44(35)33-66)53(68)61-56-58-45-11-4-5-13-48(45)74-56)9-7-12-47(34)73-38-17-14-36(15-18-38)57(2,72)25-27-64-28-30-65(31-29-64)37-16-19-42-46(32-37)63(3)62-51(42)43-21-23-50(67)60-54(43)69/h4-13,16,19-20,22,32,36,38,43,72H,14-15,17-18,21,23-31,33H2,1-3H3,(H,70,71)(H,58,61,68)(H,60,67,69)/t36?,38?,43?,57-/m0/s1. The number of carbonyl (C=O) groups excluding carboxylic acids is 3. The summed E-state index contributed by atoms with van der Waals surface area (Å²) in [5.74, 6) is -0.931. The number of aryl methyl sites for hydroxylation is 1.